The van der Waals surface area contributed by atoms with Gasteiger partial charge in [0, 0.05) is 0 Å². The molecule has 0 saturated carbocycles. The molecule has 2 aromatic rings. The molecule has 1 N–H and O–H groups in total. The second-order valence-corrected chi connectivity index (χ2v) is 7.42. The number of nitriles is 1. The van der Waals surface area contributed by atoms with Crippen LogP contribution in [0.2, 0.25) is 0 Å². The second kappa shape index (κ2) is 6.95. The Morgan fingerprint density at radius 3 is 2.56 bits per heavy atom. The van der Waals surface area contributed by atoms with E-state index in [2.05, 4.69) is 0 Å². The van der Waals surface area contributed by atoms with E-state index < -0.39 is 22.5 Å². The predicted molar refractivity (Wildman–Crippen MR) is 90.4 cm³/mol. The molecule has 6 nitrogen and oxygen atoms in total. The van der Waals surface area contributed by atoms with Crippen molar-refractivity contribution in [3.05, 3.63) is 59.2 Å². The zero-order valence-electron chi connectivity index (χ0n) is 13.4. The number of fused-ring (bicyclic) bond motifs is 1. The summed E-state index contributed by atoms with van der Waals surface area (Å²) in [6.45, 7) is -0.395. The maximum Gasteiger partial charge on any atom is 0.271 e. The van der Waals surface area contributed by atoms with E-state index in [1.54, 1.807) is 6.07 Å². The zero-order chi connectivity index (χ0) is 17.9. The van der Waals surface area contributed by atoms with Crippen LogP contribution in [0.4, 0.5) is 0 Å². The fourth-order valence-electron chi connectivity index (χ4n) is 2.73. The van der Waals surface area contributed by atoms with Crippen LogP contribution in [0.5, 0.6) is 5.75 Å². The van der Waals surface area contributed by atoms with Crippen LogP contribution in [0.1, 0.15) is 23.1 Å². The maximum absolute atomic E-state index is 12.1. The number of hydrogen-bond donors (Lipinski definition) is 1. The van der Waals surface area contributed by atoms with Crippen LogP contribution >= 0.6 is 0 Å². The molecule has 2 aromatic carbocycles. The summed E-state index contributed by atoms with van der Waals surface area (Å²) >= 11 is 0. The van der Waals surface area contributed by atoms with Gasteiger partial charge in [0.1, 0.15) is 5.75 Å². The lowest BCUT2D eigenvalue weighted by atomic mass is 10.1. The van der Waals surface area contributed by atoms with Gasteiger partial charge in [-0.05, 0) is 66.8 Å². The fourth-order valence-corrected chi connectivity index (χ4v) is 3.70. The van der Waals surface area contributed by atoms with Crippen molar-refractivity contribution >= 4 is 15.9 Å². The van der Waals surface area contributed by atoms with Crippen molar-refractivity contribution in [3.63, 3.8) is 0 Å². The number of carbonyl (C=O) groups is 1. The number of ether oxygens (including phenoxy) is 1. The number of hydrogen-bond acceptors (Lipinski definition) is 5. The molecule has 0 bridgehead atoms. The quantitative estimate of drug-likeness (QED) is 0.883. The summed E-state index contributed by atoms with van der Waals surface area (Å²) in [5, 5.41) is 8.73. The minimum atomic E-state index is -3.99. The molecule has 1 aliphatic rings. The molecule has 0 atom stereocenters. The lowest BCUT2D eigenvalue weighted by molar-refractivity contribution is -0.121. The molecule has 1 aliphatic carbocycles. The number of sulfonamides is 1. The molecule has 7 heteroatoms. The van der Waals surface area contributed by atoms with Gasteiger partial charge in [-0.25, -0.2) is 13.1 Å². The summed E-state index contributed by atoms with van der Waals surface area (Å²) in [7, 11) is -3.99. The van der Waals surface area contributed by atoms with Crippen LogP contribution in [0.3, 0.4) is 0 Å². The van der Waals surface area contributed by atoms with Gasteiger partial charge in [0.25, 0.3) is 15.9 Å². The Hall–Kier alpha value is -2.85. The van der Waals surface area contributed by atoms with Crippen molar-refractivity contribution < 1.29 is 17.9 Å². The third-order valence-corrected chi connectivity index (χ3v) is 5.37. The highest BCUT2D eigenvalue weighted by atomic mass is 32.2. The minimum Gasteiger partial charge on any atom is -0.484 e. The second-order valence-electron chi connectivity index (χ2n) is 5.74. The Balaban J connectivity index is 1.60. The molecular weight excluding hydrogens is 340 g/mol. The number of nitrogens with one attached hydrogen (secondary N) is 1. The molecule has 25 heavy (non-hydrogen) atoms. The zero-order valence-corrected chi connectivity index (χ0v) is 14.2. The van der Waals surface area contributed by atoms with E-state index in [4.69, 9.17) is 10.00 Å². The summed E-state index contributed by atoms with van der Waals surface area (Å²) in [4.78, 5) is 11.8. The van der Waals surface area contributed by atoms with E-state index in [9.17, 15) is 13.2 Å². The summed E-state index contributed by atoms with van der Waals surface area (Å²) in [5.74, 6) is -0.212. The number of benzene rings is 2. The summed E-state index contributed by atoms with van der Waals surface area (Å²) in [6.07, 6.45) is 3.16. The molecule has 0 spiro atoms. The van der Waals surface area contributed by atoms with Gasteiger partial charge in [-0.3, -0.25) is 4.79 Å². The largest absolute Gasteiger partial charge is 0.484 e. The van der Waals surface area contributed by atoms with Crippen LogP contribution < -0.4 is 9.46 Å². The SMILES string of the molecule is N#Cc1ccc(S(=O)(=O)NC(=O)COc2ccc3c(c2)CCC3)cc1. The van der Waals surface area contributed by atoms with Crippen LogP contribution in [0.15, 0.2) is 47.4 Å². The van der Waals surface area contributed by atoms with Crippen molar-refractivity contribution in [2.24, 2.45) is 0 Å². The van der Waals surface area contributed by atoms with Crippen molar-refractivity contribution in [2.75, 3.05) is 6.61 Å². The molecule has 128 valence electrons. The van der Waals surface area contributed by atoms with Crippen molar-refractivity contribution in [3.8, 4) is 11.8 Å². The Labute approximate surface area is 146 Å². The summed E-state index contributed by atoms with van der Waals surface area (Å²) < 4.78 is 31.6. The monoisotopic (exact) mass is 356 g/mol. The van der Waals surface area contributed by atoms with E-state index in [1.807, 2.05) is 22.9 Å². The third kappa shape index (κ3) is 3.98. The Morgan fingerprint density at radius 1 is 1.12 bits per heavy atom. The number of rotatable bonds is 5. The van der Waals surface area contributed by atoms with Crippen molar-refractivity contribution in [1.29, 1.82) is 5.26 Å². The molecule has 3 rings (SSSR count). The molecule has 0 fully saturated rings. The van der Waals surface area contributed by atoms with Crippen LogP contribution in [0, 0.1) is 11.3 Å². The lowest BCUT2D eigenvalue weighted by Crippen LogP contribution is -2.34. The average molecular weight is 356 g/mol. The molecule has 0 aromatic heterocycles. The molecule has 0 heterocycles. The highest BCUT2D eigenvalue weighted by molar-refractivity contribution is 7.90. The number of carbonyl (C=O) groups excluding carboxylic acids is 1. The molecule has 0 unspecified atom stereocenters. The van der Waals surface area contributed by atoms with Gasteiger partial charge in [0.2, 0.25) is 0 Å². The van der Waals surface area contributed by atoms with Crippen molar-refractivity contribution in [1.82, 2.24) is 4.72 Å². The molecule has 1 amide bonds. The first kappa shape index (κ1) is 17.0. The topological polar surface area (TPSA) is 96.3 Å². The first-order valence-corrected chi connectivity index (χ1v) is 9.27. The normalized spacial score (nSPS) is 12.9. The van der Waals surface area contributed by atoms with Gasteiger partial charge < -0.3 is 4.74 Å². The number of amides is 1. The van der Waals surface area contributed by atoms with E-state index in [1.165, 1.54) is 35.4 Å². The van der Waals surface area contributed by atoms with Gasteiger partial charge in [-0.15, -0.1) is 0 Å². The number of aryl methyl sites for hydroxylation is 2. The first-order chi connectivity index (χ1) is 12.0. The Morgan fingerprint density at radius 2 is 1.84 bits per heavy atom. The summed E-state index contributed by atoms with van der Waals surface area (Å²) in [5.41, 5.74) is 2.84. The molecule has 0 radical (unpaired) electrons. The maximum atomic E-state index is 12.1. The molecular formula is C18H16N2O4S. The highest BCUT2D eigenvalue weighted by Gasteiger charge is 2.18. The first-order valence-electron chi connectivity index (χ1n) is 7.78. The average Bonchev–Trinajstić information content (AvgIpc) is 3.07. The predicted octanol–water partition coefficient (Wildman–Crippen LogP) is 1.93. The van der Waals surface area contributed by atoms with Gasteiger partial charge in [-0.1, -0.05) is 6.07 Å². The lowest BCUT2D eigenvalue weighted by Gasteiger charge is -2.09. The van der Waals surface area contributed by atoms with E-state index in [0.717, 1.165) is 19.3 Å². The van der Waals surface area contributed by atoms with Crippen LogP contribution in [-0.4, -0.2) is 20.9 Å². The highest BCUT2D eigenvalue weighted by Crippen LogP contribution is 2.25. The standard InChI is InChI=1S/C18H16N2O4S/c19-11-13-4-8-17(9-5-13)25(22,23)20-18(21)12-24-16-7-6-14-2-1-3-15(14)10-16/h4-10H,1-3,12H2,(H,20,21). The van der Waals surface area contributed by atoms with Crippen LogP contribution in [0.25, 0.3) is 0 Å². The Kier molecular flexibility index (Phi) is 4.72. The van der Waals surface area contributed by atoms with E-state index in [0.29, 0.717) is 11.3 Å². The van der Waals surface area contributed by atoms with Gasteiger partial charge >= 0.3 is 0 Å². The van der Waals surface area contributed by atoms with Gasteiger partial charge in [0.05, 0.1) is 16.5 Å². The Bertz CT molecular complexity index is 944. The van der Waals surface area contributed by atoms with Gasteiger partial charge in [-0.2, -0.15) is 5.26 Å². The fraction of sp³-hybridized carbons (Fsp3) is 0.222. The van der Waals surface area contributed by atoms with Crippen molar-refractivity contribution in [2.45, 2.75) is 24.2 Å². The minimum absolute atomic E-state index is 0.0858. The van der Waals surface area contributed by atoms with Gasteiger partial charge in [0.15, 0.2) is 6.61 Å². The third-order valence-electron chi connectivity index (χ3n) is 3.98. The van der Waals surface area contributed by atoms with Crippen LogP contribution in [-0.2, 0) is 27.7 Å². The van der Waals surface area contributed by atoms with E-state index >= 15 is 0 Å². The number of nitrogens with zero attached hydrogens (tertiary/aromatic N) is 1. The molecule has 0 saturated heterocycles. The molecule has 0 aliphatic heterocycles. The smallest absolute Gasteiger partial charge is 0.271 e. The summed E-state index contributed by atoms with van der Waals surface area (Å²) in [6, 6.07) is 12.9. The van der Waals surface area contributed by atoms with E-state index in [-0.39, 0.29) is 4.90 Å².